The normalized spacial score (nSPS) is 14.4. The molecule has 7 heteroatoms. The lowest BCUT2D eigenvalue weighted by atomic mass is 9.88. The highest BCUT2D eigenvalue weighted by Gasteiger charge is 2.39. The van der Waals surface area contributed by atoms with E-state index in [0.717, 1.165) is 41.2 Å². The second-order valence-corrected chi connectivity index (χ2v) is 10.6. The Bertz CT molecular complexity index is 1290. The predicted molar refractivity (Wildman–Crippen MR) is 145 cm³/mol. The average Bonchev–Trinajstić information content (AvgIpc) is 2.80. The Hall–Kier alpha value is -3.87. The quantitative estimate of drug-likeness (QED) is 0.433. The molecule has 3 aromatic carbocycles. The lowest BCUT2D eigenvalue weighted by Crippen LogP contribution is -2.53. The molecule has 37 heavy (non-hydrogen) atoms. The number of fused-ring (bicyclic) bond motifs is 1. The van der Waals surface area contributed by atoms with Gasteiger partial charge in [0, 0.05) is 11.7 Å². The van der Waals surface area contributed by atoms with Gasteiger partial charge in [-0.2, -0.15) is 0 Å². The topological polar surface area (TPSA) is 87.7 Å². The maximum atomic E-state index is 13.9. The van der Waals surface area contributed by atoms with Gasteiger partial charge in [0.05, 0.1) is 0 Å². The maximum Gasteiger partial charge on any atom is 0.408 e. The van der Waals surface area contributed by atoms with E-state index in [1.54, 1.807) is 25.7 Å². The van der Waals surface area contributed by atoms with E-state index in [9.17, 15) is 14.4 Å². The Morgan fingerprint density at radius 3 is 2.35 bits per heavy atom. The Kier molecular flexibility index (Phi) is 7.81. The van der Waals surface area contributed by atoms with Crippen molar-refractivity contribution in [2.45, 2.75) is 64.6 Å². The smallest absolute Gasteiger partial charge is 0.408 e. The maximum absolute atomic E-state index is 13.9. The lowest BCUT2D eigenvalue weighted by Gasteiger charge is -2.42. The summed E-state index contributed by atoms with van der Waals surface area (Å²) in [7, 11) is 0. The van der Waals surface area contributed by atoms with Gasteiger partial charge >= 0.3 is 6.09 Å². The van der Waals surface area contributed by atoms with Crippen LogP contribution in [-0.2, 0) is 14.3 Å². The number of anilines is 1. The van der Waals surface area contributed by atoms with Crippen LogP contribution >= 0.6 is 0 Å². The number of rotatable bonds is 7. The zero-order valence-electron chi connectivity index (χ0n) is 21.9. The van der Waals surface area contributed by atoms with Crippen LogP contribution in [0.15, 0.2) is 66.7 Å². The summed E-state index contributed by atoms with van der Waals surface area (Å²) in [5.74, 6) is -0.617. The molecule has 0 bridgehead atoms. The van der Waals surface area contributed by atoms with Crippen LogP contribution in [0.1, 0.15) is 57.2 Å². The molecule has 0 radical (unpaired) electrons. The highest BCUT2D eigenvalue weighted by Crippen LogP contribution is 2.34. The third kappa shape index (κ3) is 6.67. The van der Waals surface area contributed by atoms with Crippen LogP contribution in [0.3, 0.4) is 0 Å². The van der Waals surface area contributed by atoms with Crippen LogP contribution in [0.2, 0.25) is 0 Å². The molecule has 4 rings (SSSR count). The summed E-state index contributed by atoms with van der Waals surface area (Å²) in [5, 5.41) is 7.70. The summed E-state index contributed by atoms with van der Waals surface area (Å²) in [4.78, 5) is 41.3. The first-order valence-electron chi connectivity index (χ1n) is 12.7. The van der Waals surface area contributed by atoms with Crippen molar-refractivity contribution in [1.82, 2.24) is 10.2 Å². The number of nitrogens with one attached hydrogen (secondary N) is 2. The molecule has 194 valence electrons. The fourth-order valence-electron chi connectivity index (χ4n) is 4.53. The highest BCUT2D eigenvalue weighted by atomic mass is 16.6. The first kappa shape index (κ1) is 26.2. The van der Waals surface area contributed by atoms with Crippen LogP contribution in [0.25, 0.3) is 10.8 Å². The van der Waals surface area contributed by atoms with E-state index in [-0.39, 0.29) is 24.4 Å². The molecular formula is C30H35N3O4. The minimum Gasteiger partial charge on any atom is -0.444 e. The van der Waals surface area contributed by atoms with Crippen molar-refractivity contribution >= 4 is 34.4 Å². The van der Waals surface area contributed by atoms with Gasteiger partial charge in [-0.25, -0.2) is 4.79 Å². The van der Waals surface area contributed by atoms with E-state index in [2.05, 4.69) is 10.6 Å². The molecule has 3 amide bonds. The van der Waals surface area contributed by atoms with E-state index in [0.29, 0.717) is 5.69 Å². The molecule has 2 N–H and O–H groups in total. The van der Waals surface area contributed by atoms with Crippen molar-refractivity contribution < 1.29 is 19.1 Å². The summed E-state index contributed by atoms with van der Waals surface area (Å²) in [6.45, 7) is 7.00. The van der Waals surface area contributed by atoms with Crippen molar-refractivity contribution in [3.8, 4) is 0 Å². The van der Waals surface area contributed by atoms with Crippen molar-refractivity contribution in [2.75, 3.05) is 11.9 Å². The van der Waals surface area contributed by atoms with E-state index in [1.165, 1.54) is 0 Å². The predicted octanol–water partition coefficient (Wildman–Crippen LogP) is 5.73. The average molecular weight is 502 g/mol. The van der Waals surface area contributed by atoms with Gasteiger partial charge in [-0.3, -0.25) is 9.59 Å². The number of carbonyl (C=O) groups excluding carboxylic acids is 3. The Morgan fingerprint density at radius 1 is 0.973 bits per heavy atom. The second kappa shape index (κ2) is 11.0. The van der Waals surface area contributed by atoms with Gasteiger partial charge in [-0.1, -0.05) is 60.2 Å². The van der Waals surface area contributed by atoms with E-state index >= 15 is 0 Å². The second-order valence-electron chi connectivity index (χ2n) is 10.6. The van der Waals surface area contributed by atoms with Gasteiger partial charge in [-0.15, -0.1) is 0 Å². The largest absolute Gasteiger partial charge is 0.444 e. The number of benzene rings is 3. The minimum absolute atomic E-state index is 0.0826. The number of hydrogen-bond donors (Lipinski definition) is 2. The molecule has 0 saturated heterocycles. The van der Waals surface area contributed by atoms with E-state index in [4.69, 9.17) is 4.74 Å². The zero-order valence-corrected chi connectivity index (χ0v) is 21.9. The van der Waals surface area contributed by atoms with Crippen molar-refractivity contribution in [3.05, 3.63) is 77.9 Å². The van der Waals surface area contributed by atoms with E-state index in [1.807, 2.05) is 73.7 Å². The number of ether oxygens (including phenoxy) is 1. The molecule has 0 aliphatic heterocycles. The van der Waals surface area contributed by atoms with E-state index < -0.39 is 17.7 Å². The molecule has 1 unspecified atom stereocenters. The molecule has 3 aromatic rings. The Labute approximate surface area is 218 Å². The first-order chi connectivity index (χ1) is 17.6. The molecule has 0 aromatic heterocycles. The van der Waals surface area contributed by atoms with Gasteiger partial charge in [0.1, 0.15) is 18.2 Å². The molecule has 7 nitrogen and oxygen atoms in total. The number of carbonyl (C=O) groups is 3. The van der Waals surface area contributed by atoms with Gasteiger partial charge in [0.25, 0.3) is 5.91 Å². The molecule has 1 aliphatic carbocycles. The summed E-state index contributed by atoms with van der Waals surface area (Å²) >= 11 is 0. The molecule has 0 spiro atoms. The SMILES string of the molecule is Cc1cccc(C(C(=O)Nc2ccc3ccccc3c2)N(C(=O)CNC(=O)OC(C)(C)C)C2CCC2)c1. The van der Waals surface area contributed by atoms with Crippen LogP contribution in [0.4, 0.5) is 10.5 Å². The number of hydrogen-bond acceptors (Lipinski definition) is 4. The van der Waals surface area contributed by atoms with Crippen LogP contribution in [-0.4, -0.2) is 41.0 Å². The highest BCUT2D eigenvalue weighted by molar-refractivity contribution is 6.00. The van der Waals surface area contributed by atoms with Crippen molar-refractivity contribution in [3.63, 3.8) is 0 Å². The fourth-order valence-corrected chi connectivity index (χ4v) is 4.53. The van der Waals surface area contributed by atoms with Gasteiger partial charge in [0.2, 0.25) is 5.91 Å². The van der Waals surface area contributed by atoms with Crippen LogP contribution < -0.4 is 10.6 Å². The first-order valence-corrected chi connectivity index (χ1v) is 12.7. The number of amides is 3. The summed E-state index contributed by atoms with van der Waals surface area (Å²) in [5.41, 5.74) is 1.71. The Morgan fingerprint density at radius 2 is 1.70 bits per heavy atom. The molecular weight excluding hydrogens is 466 g/mol. The fraction of sp³-hybridized carbons (Fsp3) is 0.367. The van der Waals surface area contributed by atoms with Crippen molar-refractivity contribution in [1.29, 1.82) is 0 Å². The molecule has 1 saturated carbocycles. The minimum atomic E-state index is -0.843. The van der Waals surface area contributed by atoms with Crippen LogP contribution in [0, 0.1) is 6.92 Å². The third-order valence-electron chi connectivity index (χ3n) is 6.44. The number of nitrogens with zero attached hydrogens (tertiary/aromatic N) is 1. The molecule has 1 atom stereocenters. The van der Waals surface area contributed by atoms with Gasteiger partial charge < -0.3 is 20.3 Å². The molecule has 1 fully saturated rings. The zero-order chi connectivity index (χ0) is 26.6. The standard InChI is InChI=1S/C30H35N3O4/c1-20-9-7-12-23(17-20)27(28(35)32-24-16-15-21-10-5-6-11-22(21)18-24)33(25-13-8-14-25)26(34)19-31-29(36)37-30(2,3)4/h5-7,9-12,15-18,25,27H,8,13-14,19H2,1-4H3,(H,31,36)(H,32,35). The molecule has 0 heterocycles. The third-order valence-corrected chi connectivity index (χ3v) is 6.44. The van der Waals surface area contributed by atoms with Crippen molar-refractivity contribution in [2.24, 2.45) is 0 Å². The Balaban J connectivity index is 1.62. The number of alkyl carbamates (subject to hydrolysis) is 1. The van der Waals surface area contributed by atoms with Gasteiger partial charge in [-0.05, 0) is 75.4 Å². The lowest BCUT2D eigenvalue weighted by molar-refractivity contribution is -0.143. The number of aryl methyl sites for hydroxylation is 1. The summed E-state index contributed by atoms with van der Waals surface area (Å²) < 4.78 is 5.29. The van der Waals surface area contributed by atoms with Gasteiger partial charge in [0.15, 0.2) is 0 Å². The van der Waals surface area contributed by atoms with Crippen LogP contribution in [0.5, 0.6) is 0 Å². The monoisotopic (exact) mass is 501 g/mol. The summed E-state index contributed by atoms with van der Waals surface area (Å²) in [6, 6.07) is 20.4. The summed E-state index contributed by atoms with van der Waals surface area (Å²) in [6.07, 6.45) is 1.94. The molecule has 1 aliphatic rings.